The molecule has 0 aromatic heterocycles. The number of quaternary nitrogens is 2. The number of carboxylic acid groups (broad SMARTS) is 2. The Balaban J connectivity index is 2.33. The molecule has 0 atom stereocenters. The van der Waals surface area contributed by atoms with Crippen molar-refractivity contribution in [2.75, 3.05) is 53.4 Å². The molecule has 0 aliphatic carbocycles. The second-order valence-electron chi connectivity index (χ2n) is 6.58. The van der Waals surface area contributed by atoms with E-state index in [1.165, 1.54) is 0 Å². The van der Waals surface area contributed by atoms with Crippen molar-refractivity contribution in [3.8, 4) is 0 Å². The Hall–Kier alpha value is -1.14. The summed E-state index contributed by atoms with van der Waals surface area (Å²) < 4.78 is 1.89. The van der Waals surface area contributed by atoms with Crippen LogP contribution in [0.3, 0.4) is 0 Å². The zero-order valence-electron chi connectivity index (χ0n) is 12.7. The van der Waals surface area contributed by atoms with Crippen LogP contribution in [0.2, 0.25) is 0 Å². The molecule has 0 aromatic carbocycles. The first-order valence-corrected chi connectivity index (χ1v) is 7.35. The summed E-state index contributed by atoms with van der Waals surface area (Å²) in [6.07, 6.45) is 1.96. The molecule has 2 N–H and O–H groups in total. The summed E-state index contributed by atoms with van der Waals surface area (Å²) in [6, 6.07) is 0. The average molecular weight is 288 g/mol. The Morgan fingerprint density at radius 1 is 0.800 bits per heavy atom. The summed E-state index contributed by atoms with van der Waals surface area (Å²) in [4.78, 5) is 21.1. The number of nitrogens with zero attached hydrogens (tertiary/aromatic N) is 2. The van der Waals surface area contributed by atoms with Gasteiger partial charge in [-0.3, -0.25) is 9.59 Å². The lowest BCUT2D eigenvalue weighted by Gasteiger charge is -2.46. The molecule has 1 fully saturated rings. The van der Waals surface area contributed by atoms with Crippen molar-refractivity contribution in [2.45, 2.75) is 25.7 Å². The Kier molecular flexibility index (Phi) is 5.95. The van der Waals surface area contributed by atoms with E-state index in [4.69, 9.17) is 10.2 Å². The summed E-state index contributed by atoms with van der Waals surface area (Å²) in [7, 11) is 4.39. The normalized spacial score (nSPS) is 30.1. The summed E-state index contributed by atoms with van der Waals surface area (Å²) in [5.41, 5.74) is 0. The topological polar surface area (TPSA) is 74.6 Å². The van der Waals surface area contributed by atoms with Crippen LogP contribution >= 0.6 is 0 Å². The Morgan fingerprint density at radius 2 is 1.10 bits per heavy atom. The summed E-state index contributed by atoms with van der Waals surface area (Å²) in [6.45, 7) is 6.02. The van der Waals surface area contributed by atoms with Crippen molar-refractivity contribution in [3.05, 3.63) is 0 Å². The molecule has 0 radical (unpaired) electrons. The summed E-state index contributed by atoms with van der Waals surface area (Å²) >= 11 is 0. The van der Waals surface area contributed by atoms with Gasteiger partial charge in [0, 0.05) is 12.8 Å². The first kappa shape index (κ1) is 16.9. The van der Waals surface area contributed by atoms with Gasteiger partial charge in [-0.25, -0.2) is 0 Å². The fraction of sp³-hybridized carbons (Fsp3) is 0.857. The number of piperazine rings is 1. The van der Waals surface area contributed by atoms with Crippen molar-refractivity contribution in [1.82, 2.24) is 0 Å². The van der Waals surface area contributed by atoms with E-state index in [1.807, 2.05) is 0 Å². The van der Waals surface area contributed by atoms with E-state index < -0.39 is 11.9 Å². The molecule has 0 saturated carbocycles. The van der Waals surface area contributed by atoms with Crippen LogP contribution in [0.25, 0.3) is 0 Å². The van der Waals surface area contributed by atoms with E-state index in [9.17, 15) is 9.59 Å². The maximum atomic E-state index is 10.6. The van der Waals surface area contributed by atoms with Gasteiger partial charge in [0.25, 0.3) is 0 Å². The molecule has 0 unspecified atom stereocenters. The molecule has 6 heteroatoms. The standard InChI is InChI=1S/C14H26N2O4/c1-15(7-3-5-13(17)18)9-11-16(2,12-10-15)8-4-6-14(19)20/h3-12H2,1-2H3/p+2. The van der Waals surface area contributed by atoms with Gasteiger partial charge in [0.05, 0.1) is 40.0 Å². The van der Waals surface area contributed by atoms with Crippen LogP contribution in [0.15, 0.2) is 0 Å². The van der Waals surface area contributed by atoms with Crippen molar-refractivity contribution < 1.29 is 28.8 Å². The molecule has 1 heterocycles. The highest BCUT2D eigenvalue weighted by molar-refractivity contribution is 5.66. The van der Waals surface area contributed by atoms with Gasteiger partial charge in [-0.15, -0.1) is 0 Å². The lowest BCUT2D eigenvalue weighted by atomic mass is 10.1. The molecule has 1 aliphatic heterocycles. The van der Waals surface area contributed by atoms with Crippen LogP contribution in [0, 0.1) is 0 Å². The van der Waals surface area contributed by atoms with Crippen molar-refractivity contribution >= 4 is 11.9 Å². The van der Waals surface area contributed by atoms with Gasteiger partial charge < -0.3 is 19.2 Å². The predicted octanol–water partition coefficient (Wildman–Crippen LogP) is 0.623. The maximum absolute atomic E-state index is 10.6. The van der Waals surface area contributed by atoms with Crippen LogP contribution in [0.4, 0.5) is 0 Å². The van der Waals surface area contributed by atoms with Gasteiger partial charge in [0.1, 0.15) is 26.2 Å². The van der Waals surface area contributed by atoms with E-state index in [-0.39, 0.29) is 12.8 Å². The van der Waals surface area contributed by atoms with Gasteiger partial charge in [-0.1, -0.05) is 0 Å². The van der Waals surface area contributed by atoms with E-state index in [0.29, 0.717) is 0 Å². The molecule has 0 aromatic rings. The number of rotatable bonds is 8. The molecule has 0 bridgehead atoms. The van der Waals surface area contributed by atoms with Crippen LogP contribution in [-0.2, 0) is 9.59 Å². The van der Waals surface area contributed by atoms with E-state index in [2.05, 4.69) is 14.1 Å². The number of carboxylic acids is 2. The minimum atomic E-state index is -0.720. The smallest absolute Gasteiger partial charge is 0.303 e. The molecule has 0 spiro atoms. The second-order valence-corrected chi connectivity index (χ2v) is 6.58. The highest BCUT2D eigenvalue weighted by Crippen LogP contribution is 2.17. The molecule has 20 heavy (non-hydrogen) atoms. The lowest BCUT2D eigenvalue weighted by Crippen LogP contribution is -2.64. The molecule has 1 rings (SSSR count). The minimum Gasteiger partial charge on any atom is -0.481 e. The molecule has 116 valence electrons. The second kappa shape index (κ2) is 7.04. The SMILES string of the molecule is C[N+]1(CCCC(=O)O)CC[N+](C)(CCCC(=O)O)CC1. The van der Waals surface area contributed by atoms with Gasteiger partial charge in [0.2, 0.25) is 0 Å². The number of likely N-dealkylation sites (N-methyl/N-ethyl adjacent to an activating group) is 2. The van der Waals surface area contributed by atoms with Crippen LogP contribution in [-0.4, -0.2) is 84.5 Å². The van der Waals surface area contributed by atoms with Crippen LogP contribution in [0.5, 0.6) is 0 Å². The fourth-order valence-corrected chi connectivity index (χ4v) is 2.86. The first-order valence-electron chi connectivity index (χ1n) is 7.35. The van der Waals surface area contributed by atoms with Crippen molar-refractivity contribution in [3.63, 3.8) is 0 Å². The Bertz CT molecular complexity index is 315. The number of hydrogen-bond acceptors (Lipinski definition) is 2. The molecule has 1 saturated heterocycles. The molecule has 0 amide bonds. The van der Waals surface area contributed by atoms with Crippen LogP contribution < -0.4 is 0 Å². The van der Waals surface area contributed by atoms with Gasteiger partial charge in [-0.05, 0) is 0 Å². The van der Waals surface area contributed by atoms with Gasteiger partial charge >= 0.3 is 11.9 Å². The zero-order chi connectivity index (χ0) is 15.2. The number of carbonyl (C=O) groups is 2. The molecular formula is C14H28N2O4+2. The average Bonchev–Trinajstić information content (AvgIpc) is 2.33. The van der Waals surface area contributed by atoms with Crippen molar-refractivity contribution in [1.29, 1.82) is 0 Å². The third kappa shape index (κ3) is 5.88. The zero-order valence-corrected chi connectivity index (χ0v) is 12.7. The summed E-state index contributed by atoms with van der Waals surface area (Å²) in [5, 5.41) is 17.4. The quantitative estimate of drug-likeness (QED) is 0.642. The monoisotopic (exact) mass is 288 g/mol. The number of aliphatic carboxylic acids is 2. The van der Waals surface area contributed by atoms with E-state index in [1.54, 1.807) is 0 Å². The molecule has 1 aliphatic rings. The largest absolute Gasteiger partial charge is 0.481 e. The lowest BCUT2D eigenvalue weighted by molar-refractivity contribution is -1.02. The Labute approximate surface area is 120 Å². The number of hydrogen-bond donors (Lipinski definition) is 2. The summed E-state index contributed by atoms with van der Waals surface area (Å²) in [5.74, 6) is -1.44. The van der Waals surface area contributed by atoms with E-state index in [0.717, 1.165) is 61.1 Å². The first-order chi connectivity index (χ1) is 9.25. The van der Waals surface area contributed by atoms with Crippen molar-refractivity contribution in [2.24, 2.45) is 0 Å². The van der Waals surface area contributed by atoms with Gasteiger partial charge in [0.15, 0.2) is 0 Å². The van der Waals surface area contributed by atoms with E-state index >= 15 is 0 Å². The van der Waals surface area contributed by atoms with Gasteiger partial charge in [-0.2, -0.15) is 0 Å². The Morgan fingerprint density at radius 3 is 1.35 bits per heavy atom. The molecule has 6 nitrogen and oxygen atoms in total. The third-order valence-electron chi connectivity index (χ3n) is 4.54. The maximum Gasteiger partial charge on any atom is 0.303 e. The predicted molar refractivity (Wildman–Crippen MR) is 75.3 cm³/mol. The molecular weight excluding hydrogens is 260 g/mol. The third-order valence-corrected chi connectivity index (χ3v) is 4.54. The van der Waals surface area contributed by atoms with Crippen LogP contribution in [0.1, 0.15) is 25.7 Å². The minimum absolute atomic E-state index is 0.249. The highest BCUT2D eigenvalue weighted by atomic mass is 16.4. The fourth-order valence-electron chi connectivity index (χ4n) is 2.86. The highest BCUT2D eigenvalue weighted by Gasteiger charge is 2.36.